The lowest BCUT2D eigenvalue weighted by atomic mass is 10.1. The zero-order valence-corrected chi connectivity index (χ0v) is 8.06. The molecule has 2 rings (SSSR count). The molecule has 78 valence electrons. The Hall–Kier alpha value is -1.30. The SMILES string of the molecule is CC1CC(Nc2nnc(N)o2)CCO1. The van der Waals surface area contributed by atoms with Crippen molar-refractivity contribution < 1.29 is 9.15 Å². The van der Waals surface area contributed by atoms with E-state index in [9.17, 15) is 0 Å². The van der Waals surface area contributed by atoms with E-state index in [-0.39, 0.29) is 12.1 Å². The average molecular weight is 198 g/mol. The maximum Gasteiger partial charge on any atom is 0.317 e. The van der Waals surface area contributed by atoms with Crippen LogP contribution in [0.5, 0.6) is 0 Å². The minimum atomic E-state index is 0.0904. The van der Waals surface area contributed by atoms with Gasteiger partial charge < -0.3 is 20.2 Å². The van der Waals surface area contributed by atoms with Gasteiger partial charge in [0.1, 0.15) is 0 Å². The first-order valence-electron chi connectivity index (χ1n) is 4.71. The van der Waals surface area contributed by atoms with Crippen molar-refractivity contribution in [3.63, 3.8) is 0 Å². The van der Waals surface area contributed by atoms with Crippen molar-refractivity contribution >= 4 is 12.0 Å². The van der Waals surface area contributed by atoms with Gasteiger partial charge in [-0.2, -0.15) is 0 Å². The summed E-state index contributed by atoms with van der Waals surface area (Å²) in [5.41, 5.74) is 5.31. The van der Waals surface area contributed by atoms with Crippen molar-refractivity contribution in [1.29, 1.82) is 0 Å². The minimum Gasteiger partial charge on any atom is -0.390 e. The molecule has 1 aliphatic heterocycles. The summed E-state index contributed by atoms with van der Waals surface area (Å²) in [6.07, 6.45) is 2.18. The van der Waals surface area contributed by atoms with Crippen molar-refractivity contribution in [2.45, 2.75) is 31.9 Å². The van der Waals surface area contributed by atoms with Crippen LogP contribution in [0.15, 0.2) is 4.42 Å². The standard InChI is InChI=1S/C8H14N4O2/c1-5-4-6(2-3-13-5)10-8-12-11-7(9)14-8/h5-6H,2-4H2,1H3,(H2,9,11)(H,10,12). The molecule has 2 heterocycles. The van der Waals surface area contributed by atoms with E-state index in [1.54, 1.807) is 0 Å². The minimum absolute atomic E-state index is 0.0904. The summed E-state index contributed by atoms with van der Waals surface area (Å²) in [6, 6.07) is 0.813. The summed E-state index contributed by atoms with van der Waals surface area (Å²) in [7, 11) is 0. The summed E-state index contributed by atoms with van der Waals surface area (Å²) in [4.78, 5) is 0. The fourth-order valence-electron chi connectivity index (χ4n) is 1.60. The highest BCUT2D eigenvalue weighted by Crippen LogP contribution is 2.17. The number of hydrogen-bond donors (Lipinski definition) is 2. The van der Waals surface area contributed by atoms with Gasteiger partial charge in [0.25, 0.3) is 0 Å². The quantitative estimate of drug-likeness (QED) is 0.724. The number of nitrogens with zero attached hydrogens (tertiary/aromatic N) is 2. The van der Waals surface area contributed by atoms with Gasteiger partial charge in [0.2, 0.25) is 0 Å². The Kier molecular flexibility index (Phi) is 2.53. The van der Waals surface area contributed by atoms with Gasteiger partial charge in [-0.25, -0.2) is 0 Å². The normalized spacial score (nSPS) is 27.5. The van der Waals surface area contributed by atoms with Crippen LogP contribution < -0.4 is 11.1 Å². The summed E-state index contributed by atoms with van der Waals surface area (Å²) >= 11 is 0. The third-order valence-corrected chi connectivity index (χ3v) is 2.25. The lowest BCUT2D eigenvalue weighted by molar-refractivity contribution is 0.0229. The third kappa shape index (κ3) is 2.14. The van der Waals surface area contributed by atoms with Crippen LogP contribution in [0, 0.1) is 0 Å². The van der Waals surface area contributed by atoms with Crippen molar-refractivity contribution in [2.24, 2.45) is 0 Å². The predicted molar refractivity (Wildman–Crippen MR) is 50.8 cm³/mol. The van der Waals surface area contributed by atoms with Gasteiger partial charge in [-0.05, 0) is 19.8 Å². The fraction of sp³-hybridized carbons (Fsp3) is 0.750. The molecule has 14 heavy (non-hydrogen) atoms. The number of nitrogen functional groups attached to an aromatic ring is 1. The maximum atomic E-state index is 5.42. The fourth-order valence-corrected chi connectivity index (χ4v) is 1.60. The molecule has 0 bridgehead atoms. The largest absolute Gasteiger partial charge is 0.390 e. The first-order chi connectivity index (χ1) is 6.74. The molecule has 2 unspecified atom stereocenters. The molecule has 2 atom stereocenters. The summed E-state index contributed by atoms with van der Waals surface area (Å²) in [5, 5.41) is 10.4. The van der Waals surface area contributed by atoms with Gasteiger partial charge in [-0.15, -0.1) is 0 Å². The predicted octanol–water partition coefficient (Wildman–Crippen LogP) is 0.631. The van der Waals surface area contributed by atoms with E-state index in [2.05, 4.69) is 22.4 Å². The van der Waals surface area contributed by atoms with Crippen LogP contribution in [-0.4, -0.2) is 29.0 Å². The van der Waals surface area contributed by atoms with Gasteiger partial charge in [0.05, 0.1) is 6.10 Å². The number of aromatic nitrogens is 2. The van der Waals surface area contributed by atoms with Gasteiger partial charge in [0.15, 0.2) is 0 Å². The van der Waals surface area contributed by atoms with Crippen molar-refractivity contribution in [2.75, 3.05) is 17.7 Å². The lowest BCUT2D eigenvalue weighted by Gasteiger charge is -2.27. The molecular weight excluding hydrogens is 184 g/mol. The lowest BCUT2D eigenvalue weighted by Crippen LogP contribution is -2.32. The van der Waals surface area contributed by atoms with Gasteiger partial charge >= 0.3 is 12.0 Å². The molecule has 1 aromatic heterocycles. The van der Waals surface area contributed by atoms with Crippen molar-refractivity contribution in [1.82, 2.24) is 10.2 Å². The van der Waals surface area contributed by atoms with E-state index >= 15 is 0 Å². The first-order valence-corrected chi connectivity index (χ1v) is 4.71. The zero-order valence-electron chi connectivity index (χ0n) is 8.06. The third-order valence-electron chi connectivity index (χ3n) is 2.25. The van der Waals surface area contributed by atoms with Crippen molar-refractivity contribution in [3.05, 3.63) is 0 Å². The summed E-state index contributed by atoms with van der Waals surface area (Å²) < 4.78 is 10.4. The Morgan fingerprint density at radius 3 is 3.00 bits per heavy atom. The Morgan fingerprint density at radius 2 is 2.36 bits per heavy atom. The molecule has 0 radical (unpaired) electrons. The number of rotatable bonds is 2. The van der Waals surface area contributed by atoms with Gasteiger partial charge in [-0.3, -0.25) is 0 Å². The molecule has 0 aliphatic carbocycles. The van der Waals surface area contributed by atoms with Crippen LogP contribution in [0.3, 0.4) is 0 Å². The van der Waals surface area contributed by atoms with E-state index in [1.165, 1.54) is 0 Å². The first kappa shape index (κ1) is 9.26. The number of hydrogen-bond acceptors (Lipinski definition) is 6. The Labute approximate surface area is 81.8 Å². The molecule has 1 aliphatic rings. The van der Waals surface area contributed by atoms with E-state index in [0.29, 0.717) is 12.1 Å². The molecule has 6 heteroatoms. The Balaban J connectivity index is 1.90. The second-order valence-corrected chi connectivity index (χ2v) is 3.49. The monoisotopic (exact) mass is 198 g/mol. The van der Waals surface area contributed by atoms with Crippen LogP contribution >= 0.6 is 0 Å². The molecule has 3 N–H and O–H groups in total. The molecule has 1 saturated heterocycles. The Morgan fingerprint density at radius 1 is 1.50 bits per heavy atom. The number of nitrogens with one attached hydrogen (secondary N) is 1. The summed E-state index contributed by atoms with van der Waals surface area (Å²) in [6.45, 7) is 2.82. The number of ether oxygens (including phenoxy) is 1. The number of anilines is 2. The summed E-state index contributed by atoms with van der Waals surface area (Å²) in [5.74, 6) is 0. The molecule has 0 aromatic carbocycles. The van der Waals surface area contributed by atoms with Crippen LogP contribution in [-0.2, 0) is 4.74 Å². The van der Waals surface area contributed by atoms with E-state index in [4.69, 9.17) is 14.9 Å². The van der Waals surface area contributed by atoms with Crippen LogP contribution in [0.2, 0.25) is 0 Å². The molecular formula is C8H14N4O2. The molecule has 1 fully saturated rings. The molecule has 0 saturated carbocycles. The topological polar surface area (TPSA) is 86.2 Å². The molecule has 1 aromatic rings. The number of nitrogens with two attached hydrogens (primary N) is 1. The van der Waals surface area contributed by atoms with Crippen LogP contribution in [0.1, 0.15) is 19.8 Å². The Bertz CT molecular complexity index is 301. The second-order valence-electron chi connectivity index (χ2n) is 3.49. The zero-order chi connectivity index (χ0) is 9.97. The highest BCUT2D eigenvalue weighted by molar-refractivity contribution is 5.24. The highest BCUT2D eigenvalue weighted by Gasteiger charge is 2.20. The maximum absolute atomic E-state index is 5.42. The van der Waals surface area contributed by atoms with Crippen LogP contribution in [0.4, 0.5) is 12.0 Å². The van der Waals surface area contributed by atoms with Crippen LogP contribution in [0.25, 0.3) is 0 Å². The van der Waals surface area contributed by atoms with E-state index < -0.39 is 0 Å². The van der Waals surface area contributed by atoms with Gasteiger partial charge in [-0.1, -0.05) is 10.2 Å². The second kappa shape index (κ2) is 3.83. The smallest absolute Gasteiger partial charge is 0.317 e. The molecule has 0 amide bonds. The van der Waals surface area contributed by atoms with E-state index in [1.807, 2.05) is 0 Å². The highest BCUT2D eigenvalue weighted by atomic mass is 16.5. The van der Waals surface area contributed by atoms with Crippen molar-refractivity contribution in [3.8, 4) is 0 Å². The molecule has 0 spiro atoms. The van der Waals surface area contributed by atoms with E-state index in [0.717, 1.165) is 19.4 Å². The van der Waals surface area contributed by atoms with Gasteiger partial charge in [0, 0.05) is 12.6 Å². The average Bonchev–Trinajstić information content (AvgIpc) is 2.51. The molecule has 6 nitrogen and oxygen atoms in total.